The maximum atomic E-state index is 12.4. The van der Waals surface area contributed by atoms with Gasteiger partial charge >= 0.3 is 0 Å². The third-order valence-electron chi connectivity index (χ3n) is 4.19. The summed E-state index contributed by atoms with van der Waals surface area (Å²) in [5, 5.41) is 20.1. The van der Waals surface area contributed by atoms with Gasteiger partial charge in [0.05, 0.1) is 19.3 Å². The highest BCUT2D eigenvalue weighted by Gasteiger charge is 2.47. The number of ether oxygens (including phenoxy) is 2. The van der Waals surface area contributed by atoms with Crippen molar-refractivity contribution in [1.29, 1.82) is 0 Å². The molecule has 4 rings (SSSR count). The lowest BCUT2D eigenvalue weighted by Gasteiger charge is -2.17. The number of hydrogen-bond donors (Lipinski definition) is 2. The van der Waals surface area contributed by atoms with Crippen LogP contribution >= 0.6 is 0 Å². The minimum atomic E-state index is -0.620. The largest absolute Gasteiger partial charge is 0.388 e. The third kappa shape index (κ3) is 2.61. The van der Waals surface area contributed by atoms with Gasteiger partial charge < -0.3 is 19.9 Å². The van der Waals surface area contributed by atoms with Crippen LogP contribution in [0.2, 0.25) is 0 Å². The summed E-state index contributed by atoms with van der Waals surface area (Å²) in [7, 11) is 0. The molecule has 4 atom stereocenters. The van der Waals surface area contributed by atoms with E-state index in [1.807, 2.05) is 12.1 Å². The fourth-order valence-electron chi connectivity index (χ4n) is 2.97. The van der Waals surface area contributed by atoms with Gasteiger partial charge in [-0.05, 0) is 24.3 Å². The molecule has 0 spiro atoms. The molecule has 8 heteroatoms. The number of carbonyl (C=O) groups is 1. The number of nitrogens with one attached hydrogen (secondary N) is 1. The minimum Gasteiger partial charge on any atom is -0.388 e. The molecule has 0 unspecified atom stereocenters. The van der Waals surface area contributed by atoms with Crippen LogP contribution in [-0.4, -0.2) is 63.3 Å². The molecular weight excluding hydrogens is 300 g/mol. The Morgan fingerprint density at radius 2 is 1.83 bits per heavy atom. The van der Waals surface area contributed by atoms with Gasteiger partial charge in [-0.15, -0.1) is 10.2 Å². The minimum absolute atomic E-state index is 0.195. The first-order chi connectivity index (χ1) is 11.2. The number of amides is 1. The molecule has 2 saturated heterocycles. The van der Waals surface area contributed by atoms with E-state index in [1.165, 1.54) is 0 Å². The second kappa shape index (κ2) is 5.73. The van der Waals surface area contributed by atoms with E-state index in [0.717, 1.165) is 5.69 Å². The lowest BCUT2D eigenvalue weighted by Crippen LogP contribution is -2.44. The van der Waals surface area contributed by atoms with Crippen LogP contribution in [0.15, 0.2) is 36.9 Å². The maximum absolute atomic E-state index is 12.4. The Balaban J connectivity index is 1.43. The summed E-state index contributed by atoms with van der Waals surface area (Å²) in [5.41, 5.74) is 1.42. The van der Waals surface area contributed by atoms with Crippen molar-refractivity contribution in [3.8, 4) is 5.69 Å². The normalized spacial score (nSPS) is 29.4. The van der Waals surface area contributed by atoms with Crippen LogP contribution in [0.5, 0.6) is 0 Å². The van der Waals surface area contributed by atoms with Crippen molar-refractivity contribution in [3.05, 3.63) is 42.5 Å². The van der Waals surface area contributed by atoms with Gasteiger partial charge in [-0.2, -0.15) is 0 Å². The monoisotopic (exact) mass is 316 g/mol. The van der Waals surface area contributed by atoms with Crippen molar-refractivity contribution in [2.75, 3.05) is 13.2 Å². The van der Waals surface area contributed by atoms with E-state index in [1.54, 1.807) is 29.4 Å². The molecular formula is C15H16N4O4. The predicted molar refractivity (Wildman–Crippen MR) is 78.1 cm³/mol. The van der Waals surface area contributed by atoms with Gasteiger partial charge in [0.25, 0.3) is 5.91 Å². The summed E-state index contributed by atoms with van der Waals surface area (Å²) < 4.78 is 12.8. The number of fused-ring (bicyclic) bond motifs is 1. The smallest absolute Gasteiger partial charge is 0.251 e. The lowest BCUT2D eigenvalue weighted by molar-refractivity contribution is 0.0178. The molecule has 2 fully saturated rings. The number of rotatable bonds is 3. The molecule has 1 aromatic heterocycles. The number of hydrogen-bond acceptors (Lipinski definition) is 6. The van der Waals surface area contributed by atoms with E-state index in [2.05, 4.69) is 15.5 Å². The molecule has 1 amide bonds. The van der Waals surface area contributed by atoms with Gasteiger partial charge in [0.2, 0.25) is 0 Å². The predicted octanol–water partition coefficient (Wildman–Crippen LogP) is -0.476. The van der Waals surface area contributed by atoms with E-state index in [0.29, 0.717) is 12.2 Å². The second-order valence-electron chi connectivity index (χ2n) is 5.66. The average molecular weight is 316 g/mol. The molecule has 1 aromatic carbocycles. The Labute approximate surface area is 132 Å². The fourth-order valence-corrected chi connectivity index (χ4v) is 2.97. The van der Waals surface area contributed by atoms with Gasteiger partial charge in [-0.1, -0.05) is 0 Å². The average Bonchev–Trinajstić information content (AvgIpc) is 3.29. The first kappa shape index (κ1) is 14.3. The molecule has 3 heterocycles. The van der Waals surface area contributed by atoms with Gasteiger partial charge in [0, 0.05) is 11.3 Å². The summed E-state index contributed by atoms with van der Waals surface area (Å²) in [6.45, 7) is 0.590. The van der Waals surface area contributed by atoms with E-state index in [4.69, 9.17) is 9.47 Å². The number of carbonyl (C=O) groups excluding carboxylic acids is 1. The molecule has 2 aliphatic rings. The molecule has 0 saturated carbocycles. The van der Waals surface area contributed by atoms with Gasteiger partial charge in [-0.25, -0.2) is 0 Å². The Bertz CT molecular complexity index is 688. The summed E-state index contributed by atoms with van der Waals surface area (Å²) in [6.07, 6.45) is 1.92. The van der Waals surface area contributed by atoms with Crippen molar-refractivity contribution < 1.29 is 19.4 Å². The molecule has 0 aliphatic carbocycles. The zero-order valence-corrected chi connectivity index (χ0v) is 12.2. The maximum Gasteiger partial charge on any atom is 0.251 e. The first-order valence-electron chi connectivity index (χ1n) is 7.39. The van der Waals surface area contributed by atoms with Crippen LogP contribution < -0.4 is 5.32 Å². The number of benzene rings is 1. The lowest BCUT2D eigenvalue weighted by atomic mass is 10.1. The molecule has 2 aromatic rings. The molecule has 8 nitrogen and oxygen atoms in total. The highest BCUT2D eigenvalue weighted by Crippen LogP contribution is 2.27. The third-order valence-corrected chi connectivity index (χ3v) is 4.19. The number of aromatic nitrogens is 3. The van der Waals surface area contributed by atoms with Gasteiger partial charge in [0.1, 0.15) is 31.0 Å². The topological polar surface area (TPSA) is 98.5 Å². The standard InChI is InChI=1S/C15H16N4O4/c20-12-6-23-13-11(5-22-14(12)13)18-15(21)9-1-3-10(4-2-9)19-7-16-17-8-19/h1-4,7-8,11-14,20H,5-6H2,(H,18,21)/t11-,12-,13-,14-/m1/s1. The van der Waals surface area contributed by atoms with Crippen molar-refractivity contribution in [3.63, 3.8) is 0 Å². The highest BCUT2D eigenvalue weighted by atomic mass is 16.6. The molecule has 2 aliphatic heterocycles. The van der Waals surface area contributed by atoms with Crippen molar-refractivity contribution in [2.24, 2.45) is 0 Å². The number of aliphatic hydroxyl groups is 1. The van der Waals surface area contributed by atoms with Crippen LogP contribution in [-0.2, 0) is 9.47 Å². The van der Waals surface area contributed by atoms with E-state index in [-0.39, 0.29) is 30.8 Å². The fraction of sp³-hybridized carbons (Fsp3) is 0.400. The Kier molecular flexibility index (Phi) is 3.56. The van der Waals surface area contributed by atoms with E-state index < -0.39 is 6.10 Å². The van der Waals surface area contributed by atoms with Gasteiger partial charge in [0.15, 0.2) is 0 Å². The molecule has 2 N–H and O–H groups in total. The molecule has 120 valence electrons. The van der Waals surface area contributed by atoms with Crippen molar-refractivity contribution >= 4 is 5.91 Å². The van der Waals surface area contributed by atoms with Crippen LogP contribution in [0.1, 0.15) is 10.4 Å². The van der Waals surface area contributed by atoms with Gasteiger partial charge in [-0.3, -0.25) is 9.36 Å². The summed E-state index contributed by atoms with van der Waals surface area (Å²) in [5.74, 6) is -0.195. The molecule has 0 radical (unpaired) electrons. The summed E-state index contributed by atoms with van der Waals surface area (Å²) in [6, 6.07) is 6.87. The molecule has 0 bridgehead atoms. The number of aliphatic hydroxyl groups excluding tert-OH is 1. The quantitative estimate of drug-likeness (QED) is 0.794. The van der Waals surface area contributed by atoms with E-state index in [9.17, 15) is 9.90 Å². The Morgan fingerprint density at radius 1 is 1.13 bits per heavy atom. The van der Waals surface area contributed by atoms with Crippen molar-refractivity contribution in [2.45, 2.75) is 24.4 Å². The van der Waals surface area contributed by atoms with Crippen LogP contribution in [0, 0.1) is 0 Å². The van der Waals surface area contributed by atoms with Crippen LogP contribution in [0.25, 0.3) is 5.69 Å². The highest BCUT2D eigenvalue weighted by molar-refractivity contribution is 5.94. The summed E-state index contributed by atoms with van der Waals surface area (Å²) in [4.78, 5) is 12.4. The number of nitrogens with zero attached hydrogens (tertiary/aromatic N) is 3. The second-order valence-corrected chi connectivity index (χ2v) is 5.66. The SMILES string of the molecule is O=C(N[C@@H]1CO[C@H]2[C@@H]1OC[C@H]2O)c1ccc(-n2cnnc2)cc1. The van der Waals surface area contributed by atoms with Crippen molar-refractivity contribution in [1.82, 2.24) is 20.1 Å². The van der Waals surface area contributed by atoms with Crippen LogP contribution in [0.4, 0.5) is 0 Å². The Morgan fingerprint density at radius 3 is 2.57 bits per heavy atom. The zero-order valence-electron chi connectivity index (χ0n) is 12.2. The Hall–Kier alpha value is -2.29. The zero-order chi connectivity index (χ0) is 15.8. The first-order valence-corrected chi connectivity index (χ1v) is 7.39. The molecule has 23 heavy (non-hydrogen) atoms. The summed E-state index contributed by atoms with van der Waals surface area (Å²) >= 11 is 0. The van der Waals surface area contributed by atoms with Crippen LogP contribution in [0.3, 0.4) is 0 Å². The van der Waals surface area contributed by atoms with E-state index >= 15 is 0 Å².